The van der Waals surface area contributed by atoms with E-state index in [1.165, 1.54) is 0 Å². The summed E-state index contributed by atoms with van der Waals surface area (Å²) in [7, 11) is 1.83. The van der Waals surface area contributed by atoms with Crippen molar-refractivity contribution in [3.8, 4) is 0 Å². The second-order valence-electron chi connectivity index (χ2n) is 5.75. The van der Waals surface area contributed by atoms with Gasteiger partial charge in [-0.15, -0.1) is 0 Å². The first-order valence-electron chi connectivity index (χ1n) is 7.51. The van der Waals surface area contributed by atoms with Crippen molar-refractivity contribution in [3.63, 3.8) is 0 Å². The van der Waals surface area contributed by atoms with Gasteiger partial charge in [-0.25, -0.2) is 4.98 Å². The molecule has 0 amide bonds. The van der Waals surface area contributed by atoms with Crippen LogP contribution in [0, 0.1) is 19.8 Å². The van der Waals surface area contributed by atoms with E-state index < -0.39 is 0 Å². The summed E-state index contributed by atoms with van der Waals surface area (Å²) < 4.78 is 5.60. The van der Waals surface area contributed by atoms with Gasteiger partial charge >= 0.3 is 0 Å². The van der Waals surface area contributed by atoms with Crippen LogP contribution in [0.1, 0.15) is 31.2 Å². The molecule has 2 rings (SSSR count). The van der Waals surface area contributed by atoms with Crippen molar-refractivity contribution in [1.29, 1.82) is 0 Å². The number of nitrogens with zero attached hydrogens (tertiary/aromatic N) is 3. The van der Waals surface area contributed by atoms with Gasteiger partial charge in [0.2, 0.25) is 5.89 Å². The van der Waals surface area contributed by atoms with Crippen molar-refractivity contribution in [1.82, 2.24) is 15.2 Å². The summed E-state index contributed by atoms with van der Waals surface area (Å²) in [5.41, 5.74) is 0.955. The first-order valence-corrected chi connectivity index (χ1v) is 8.56. The molecule has 0 aliphatic carbocycles. The lowest BCUT2D eigenvalue weighted by Gasteiger charge is -2.36. The Morgan fingerprint density at radius 2 is 2.29 bits per heavy atom. The van der Waals surface area contributed by atoms with Crippen LogP contribution in [0.25, 0.3) is 0 Å². The van der Waals surface area contributed by atoms with Crippen LogP contribution in [0.3, 0.4) is 0 Å². The minimum atomic E-state index is 0.581. The monoisotopic (exact) mass is 310 g/mol. The third kappa shape index (κ3) is 4.15. The van der Waals surface area contributed by atoms with Crippen molar-refractivity contribution >= 4 is 17.7 Å². The van der Waals surface area contributed by atoms with E-state index in [1.807, 2.05) is 20.9 Å². The van der Waals surface area contributed by atoms with Crippen LogP contribution >= 0.6 is 11.8 Å². The molecule has 0 bridgehead atoms. The van der Waals surface area contributed by atoms with Crippen molar-refractivity contribution in [2.45, 2.75) is 39.5 Å². The second kappa shape index (κ2) is 7.20. The number of nitrogens with one attached hydrogen (secondary N) is 1. The molecule has 0 aromatic carbocycles. The number of hydrogen-bond donors (Lipinski definition) is 1. The molecular weight excluding hydrogens is 284 g/mol. The summed E-state index contributed by atoms with van der Waals surface area (Å²) in [6.07, 6.45) is 0. The fourth-order valence-electron chi connectivity index (χ4n) is 2.37. The Hall–Kier alpha value is -1.17. The zero-order chi connectivity index (χ0) is 15.4. The maximum Gasteiger partial charge on any atom is 0.214 e. The van der Waals surface area contributed by atoms with Crippen LogP contribution in [-0.4, -0.2) is 47.0 Å². The van der Waals surface area contributed by atoms with Crippen LogP contribution in [0.4, 0.5) is 0 Å². The van der Waals surface area contributed by atoms with Gasteiger partial charge in [-0.05, 0) is 19.8 Å². The molecule has 1 aromatic heterocycles. The van der Waals surface area contributed by atoms with Crippen LogP contribution in [0.15, 0.2) is 9.41 Å². The standard InChI is InChI=1S/C15H26N4OS/c1-10(2)13-9-19(6-7-21-13)15(16-5)17-8-14-18-11(3)12(4)20-14/h10,13H,6-9H2,1-5H3,(H,16,17). The molecule has 1 fully saturated rings. The Labute approximate surface area is 131 Å². The summed E-state index contributed by atoms with van der Waals surface area (Å²) >= 11 is 2.07. The number of guanidine groups is 1. The molecule has 21 heavy (non-hydrogen) atoms. The topological polar surface area (TPSA) is 53.7 Å². The molecular formula is C15H26N4OS. The van der Waals surface area contributed by atoms with E-state index >= 15 is 0 Å². The van der Waals surface area contributed by atoms with Gasteiger partial charge in [-0.1, -0.05) is 13.8 Å². The van der Waals surface area contributed by atoms with Gasteiger partial charge in [-0.3, -0.25) is 4.99 Å². The molecule has 1 saturated heterocycles. The van der Waals surface area contributed by atoms with E-state index in [0.717, 1.165) is 42.1 Å². The Bertz CT molecular complexity index is 478. The van der Waals surface area contributed by atoms with Crippen molar-refractivity contribution < 1.29 is 4.42 Å². The fraction of sp³-hybridized carbons (Fsp3) is 0.733. The van der Waals surface area contributed by atoms with Crippen LogP contribution in [0.5, 0.6) is 0 Å². The third-order valence-electron chi connectivity index (χ3n) is 3.82. The van der Waals surface area contributed by atoms with Crippen molar-refractivity contribution in [2.24, 2.45) is 10.9 Å². The van der Waals surface area contributed by atoms with Gasteiger partial charge in [0.15, 0.2) is 5.96 Å². The normalized spacial score (nSPS) is 20.2. The molecule has 1 aromatic rings. The maximum atomic E-state index is 5.60. The molecule has 1 aliphatic heterocycles. The zero-order valence-corrected chi connectivity index (χ0v) is 14.5. The first-order chi connectivity index (χ1) is 10.0. The minimum Gasteiger partial charge on any atom is -0.444 e. The molecule has 0 spiro atoms. The van der Waals surface area contributed by atoms with E-state index in [0.29, 0.717) is 17.7 Å². The summed E-state index contributed by atoms with van der Waals surface area (Å²) in [5.74, 6) is 4.39. The highest BCUT2D eigenvalue weighted by Crippen LogP contribution is 2.24. The molecule has 2 heterocycles. The highest BCUT2D eigenvalue weighted by Gasteiger charge is 2.24. The van der Waals surface area contributed by atoms with Crippen molar-refractivity contribution in [2.75, 3.05) is 25.9 Å². The minimum absolute atomic E-state index is 0.581. The number of aromatic nitrogens is 1. The summed E-state index contributed by atoms with van der Waals surface area (Å²) in [4.78, 5) is 11.1. The lowest BCUT2D eigenvalue weighted by Crippen LogP contribution is -2.48. The van der Waals surface area contributed by atoms with Gasteiger partial charge in [0.1, 0.15) is 5.76 Å². The quantitative estimate of drug-likeness (QED) is 0.686. The Kier molecular flexibility index (Phi) is 5.56. The van der Waals surface area contributed by atoms with E-state index in [-0.39, 0.29) is 0 Å². The summed E-state index contributed by atoms with van der Waals surface area (Å²) in [6, 6.07) is 0. The summed E-state index contributed by atoms with van der Waals surface area (Å²) in [5, 5.41) is 4.04. The molecule has 0 radical (unpaired) electrons. The van der Waals surface area contributed by atoms with Crippen LogP contribution < -0.4 is 5.32 Å². The first kappa shape index (κ1) is 16.2. The van der Waals surface area contributed by atoms with Gasteiger partial charge in [0.25, 0.3) is 0 Å². The van der Waals surface area contributed by atoms with Gasteiger partial charge in [0.05, 0.1) is 12.2 Å². The zero-order valence-electron chi connectivity index (χ0n) is 13.6. The second-order valence-corrected chi connectivity index (χ2v) is 7.10. The number of aryl methyl sites for hydroxylation is 2. The SMILES string of the molecule is CN=C(NCc1nc(C)c(C)o1)N1CCSC(C(C)C)C1. The highest BCUT2D eigenvalue weighted by molar-refractivity contribution is 8.00. The Balaban J connectivity index is 1.93. The van der Waals surface area contributed by atoms with Gasteiger partial charge in [-0.2, -0.15) is 11.8 Å². The van der Waals surface area contributed by atoms with Crippen molar-refractivity contribution in [3.05, 3.63) is 17.3 Å². The average Bonchev–Trinajstić information content (AvgIpc) is 2.79. The molecule has 1 atom stereocenters. The predicted molar refractivity (Wildman–Crippen MR) is 88.8 cm³/mol. The molecule has 0 saturated carbocycles. The number of rotatable bonds is 3. The molecule has 1 unspecified atom stereocenters. The summed E-state index contributed by atoms with van der Waals surface area (Å²) in [6.45, 7) is 11.1. The average molecular weight is 310 g/mol. The Morgan fingerprint density at radius 3 is 2.86 bits per heavy atom. The maximum absolute atomic E-state index is 5.60. The highest BCUT2D eigenvalue weighted by atomic mass is 32.2. The molecule has 1 N–H and O–H groups in total. The number of thioether (sulfide) groups is 1. The van der Waals surface area contributed by atoms with Crippen LogP contribution in [-0.2, 0) is 6.54 Å². The molecule has 118 valence electrons. The Morgan fingerprint density at radius 1 is 1.52 bits per heavy atom. The molecule has 6 heteroatoms. The largest absolute Gasteiger partial charge is 0.444 e. The predicted octanol–water partition coefficient (Wildman–Crippen LogP) is 2.44. The number of oxazole rings is 1. The third-order valence-corrected chi connectivity index (χ3v) is 5.36. The van der Waals surface area contributed by atoms with E-state index in [9.17, 15) is 0 Å². The van der Waals surface area contributed by atoms with E-state index in [2.05, 4.69) is 45.8 Å². The smallest absolute Gasteiger partial charge is 0.214 e. The lowest BCUT2D eigenvalue weighted by atomic mass is 10.1. The van der Waals surface area contributed by atoms with Crippen LogP contribution in [0.2, 0.25) is 0 Å². The van der Waals surface area contributed by atoms with Gasteiger partial charge in [0, 0.05) is 31.1 Å². The van der Waals surface area contributed by atoms with Gasteiger partial charge < -0.3 is 14.6 Å². The van der Waals surface area contributed by atoms with E-state index in [1.54, 1.807) is 0 Å². The number of hydrogen-bond acceptors (Lipinski definition) is 4. The lowest BCUT2D eigenvalue weighted by molar-refractivity contribution is 0.376. The molecule has 1 aliphatic rings. The van der Waals surface area contributed by atoms with E-state index in [4.69, 9.17) is 4.42 Å². The molecule has 5 nitrogen and oxygen atoms in total. The fourth-order valence-corrected chi connectivity index (χ4v) is 3.67. The number of aliphatic imine (C=N–C) groups is 1.